The number of hydrogen-bond acceptors (Lipinski definition) is 3. The van der Waals surface area contributed by atoms with Crippen molar-refractivity contribution < 1.29 is 9.53 Å². The van der Waals surface area contributed by atoms with Crippen molar-refractivity contribution in [1.82, 2.24) is 10.6 Å². The monoisotopic (exact) mass is 216 g/mol. The van der Waals surface area contributed by atoms with Crippen LogP contribution >= 0.6 is 0 Å². The van der Waals surface area contributed by atoms with Gasteiger partial charge in [0.05, 0.1) is 0 Å². The van der Waals surface area contributed by atoms with E-state index in [1.54, 1.807) is 0 Å². The Balaban J connectivity index is 4.06. The minimum atomic E-state index is -0.439. The molecule has 0 aliphatic carbocycles. The number of nitrogens with one attached hydrogen (secondary N) is 2. The first-order valence-corrected chi connectivity index (χ1v) is 5.47. The van der Waals surface area contributed by atoms with Crippen molar-refractivity contribution in [3.63, 3.8) is 0 Å². The lowest BCUT2D eigenvalue weighted by molar-refractivity contribution is 0.0498. The number of hydrogen-bond donors (Lipinski definition) is 2. The number of ether oxygens (including phenoxy) is 1. The lowest BCUT2D eigenvalue weighted by Gasteiger charge is -2.26. The topological polar surface area (TPSA) is 50.4 Å². The van der Waals surface area contributed by atoms with Gasteiger partial charge in [-0.3, -0.25) is 0 Å². The molecule has 0 unspecified atom stereocenters. The van der Waals surface area contributed by atoms with Crippen LogP contribution in [0.2, 0.25) is 0 Å². The van der Waals surface area contributed by atoms with Crippen LogP contribution in [0.3, 0.4) is 0 Å². The maximum Gasteiger partial charge on any atom is 0.407 e. The lowest BCUT2D eigenvalue weighted by atomic mass is 10.1. The molecule has 0 fully saturated rings. The van der Waals surface area contributed by atoms with Crippen molar-refractivity contribution >= 4 is 6.09 Å². The molecule has 0 aliphatic heterocycles. The number of rotatable bonds is 4. The minimum Gasteiger partial charge on any atom is -0.444 e. The molecule has 90 valence electrons. The van der Waals surface area contributed by atoms with Crippen LogP contribution in [-0.2, 0) is 4.74 Å². The van der Waals surface area contributed by atoms with E-state index in [-0.39, 0.29) is 18.2 Å². The number of carbonyl (C=O) groups is 1. The summed E-state index contributed by atoms with van der Waals surface area (Å²) >= 11 is 0. The van der Waals surface area contributed by atoms with Gasteiger partial charge in [-0.1, -0.05) is 6.92 Å². The second-order valence-corrected chi connectivity index (χ2v) is 4.74. The standard InChI is InChI=1S/C11H24N2O2/c1-7-9(12-6)8(2)13-10(14)15-11(3,4)5/h8-9,12H,7H2,1-6H3,(H,13,14)/t8-,9-/m0/s1. The molecule has 0 heterocycles. The van der Waals surface area contributed by atoms with Gasteiger partial charge in [0.2, 0.25) is 0 Å². The van der Waals surface area contributed by atoms with Crippen LogP contribution in [0.15, 0.2) is 0 Å². The molecule has 0 bridgehead atoms. The molecule has 0 radical (unpaired) electrons. The van der Waals surface area contributed by atoms with Crippen LogP contribution in [-0.4, -0.2) is 30.8 Å². The van der Waals surface area contributed by atoms with Crippen LogP contribution in [0.25, 0.3) is 0 Å². The molecule has 2 atom stereocenters. The van der Waals surface area contributed by atoms with Gasteiger partial charge in [-0.05, 0) is 41.2 Å². The summed E-state index contributed by atoms with van der Waals surface area (Å²) in [6, 6.07) is 0.340. The highest BCUT2D eigenvalue weighted by Gasteiger charge is 2.20. The third-order valence-electron chi connectivity index (χ3n) is 2.16. The van der Waals surface area contributed by atoms with Crippen molar-refractivity contribution in [2.45, 2.75) is 58.7 Å². The van der Waals surface area contributed by atoms with E-state index in [4.69, 9.17) is 4.74 Å². The van der Waals surface area contributed by atoms with Crippen LogP contribution in [0, 0.1) is 0 Å². The molecule has 0 aromatic rings. The SMILES string of the molecule is CC[C@H](NC)[C@H](C)NC(=O)OC(C)(C)C. The van der Waals surface area contributed by atoms with Crippen molar-refractivity contribution in [1.29, 1.82) is 0 Å². The zero-order valence-electron chi connectivity index (χ0n) is 10.7. The van der Waals surface area contributed by atoms with Gasteiger partial charge < -0.3 is 15.4 Å². The molecule has 0 rings (SSSR count). The lowest BCUT2D eigenvalue weighted by Crippen LogP contribution is -2.48. The summed E-state index contributed by atoms with van der Waals surface area (Å²) in [6.07, 6.45) is 0.608. The molecule has 0 saturated heterocycles. The highest BCUT2D eigenvalue weighted by molar-refractivity contribution is 5.68. The van der Waals surface area contributed by atoms with E-state index in [2.05, 4.69) is 17.6 Å². The Kier molecular flexibility index (Phi) is 5.65. The number of alkyl carbamates (subject to hydrolysis) is 1. The number of likely N-dealkylation sites (N-methyl/N-ethyl adjacent to an activating group) is 1. The average Bonchev–Trinajstić information content (AvgIpc) is 2.02. The molecule has 2 N–H and O–H groups in total. The Morgan fingerprint density at radius 1 is 1.40 bits per heavy atom. The molecule has 0 saturated carbocycles. The molecular formula is C11H24N2O2. The van der Waals surface area contributed by atoms with E-state index in [1.165, 1.54) is 0 Å². The summed E-state index contributed by atoms with van der Waals surface area (Å²) in [5.74, 6) is 0. The molecule has 15 heavy (non-hydrogen) atoms. The van der Waals surface area contributed by atoms with Crippen LogP contribution < -0.4 is 10.6 Å². The van der Waals surface area contributed by atoms with Gasteiger partial charge in [0.15, 0.2) is 0 Å². The van der Waals surface area contributed by atoms with Gasteiger partial charge in [-0.25, -0.2) is 4.79 Å². The Morgan fingerprint density at radius 2 is 1.93 bits per heavy atom. The van der Waals surface area contributed by atoms with Crippen molar-refractivity contribution in [3.8, 4) is 0 Å². The van der Waals surface area contributed by atoms with Crippen LogP contribution in [0.5, 0.6) is 0 Å². The first-order valence-electron chi connectivity index (χ1n) is 5.47. The first kappa shape index (κ1) is 14.2. The van der Waals surface area contributed by atoms with Gasteiger partial charge in [-0.15, -0.1) is 0 Å². The van der Waals surface area contributed by atoms with Crippen LogP contribution in [0.1, 0.15) is 41.0 Å². The minimum absolute atomic E-state index is 0.0647. The molecule has 0 spiro atoms. The molecule has 1 amide bonds. The summed E-state index contributed by atoms with van der Waals surface area (Å²) in [6.45, 7) is 9.61. The molecular weight excluding hydrogens is 192 g/mol. The maximum atomic E-state index is 11.4. The third kappa shape index (κ3) is 6.33. The summed E-state index contributed by atoms with van der Waals surface area (Å²) in [7, 11) is 1.89. The average molecular weight is 216 g/mol. The van der Waals surface area contributed by atoms with E-state index in [0.717, 1.165) is 6.42 Å². The van der Waals surface area contributed by atoms with E-state index >= 15 is 0 Å². The smallest absolute Gasteiger partial charge is 0.407 e. The van der Waals surface area contributed by atoms with Crippen LogP contribution in [0.4, 0.5) is 4.79 Å². The van der Waals surface area contributed by atoms with E-state index in [0.29, 0.717) is 0 Å². The van der Waals surface area contributed by atoms with Gasteiger partial charge >= 0.3 is 6.09 Å². The number of amides is 1. The number of carbonyl (C=O) groups excluding carboxylic acids is 1. The fourth-order valence-electron chi connectivity index (χ4n) is 1.40. The quantitative estimate of drug-likeness (QED) is 0.754. The van der Waals surface area contributed by atoms with Gasteiger partial charge in [0.1, 0.15) is 5.60 Å². The Morgan fingerprint density at radius 3 is 2.27 bits per heavy atom. The summed E-state index contributed by atoms with van der Waals surface area (Å²) in [5, 5.41) is 5.96. The highest BCUT2D eigenvalue weighted by atomic mass is 16.6. The van der Waals surface area contributed by atoms with E-state index in [9.17, 15) is 4.79 Å². The Hall–Kier alpha value is -0.770. The summed E-state index contributed by atoms with van der Waals surface area (Å²) in [4.78, 5) is 11.4. The van der Waals surface area contributed by atoms with E-state index in [1.807, 2.05) is 34.7 Å². The van der Waals surface area contributed by atoms with Gasteiger partial charge in [0.25, 0.3) is 0 Å². The largest absolute Gasteiger partial charge is 0.444 e. The summed E-state index contributed by atoms with van der Waals surface area (Å²) < 4.78 is 5.17. The second-order valence-electron chi connectivity index (χ2n) is 4.74. The summed E-state index contributed by atoms with van der Waals surface area (Å²) in [5.41, 5.74) is -0.439. The Labute approximate surface area is 92.8 Å². The fraction of sp³-hybridized carbons (Fsp3) is 0.909. The van der Waals surface area contributed by atoms with Gasteiger partial charge in [0, 0.05) is 12.1 Å². The first-order chi connectivity index (χ1) is 6.80. The maximum absolute atomic E-state index is 11.4. The fourth-order valence-corrected chi connectivity index (χ4v) is 1.40. The van der Waals surface area contributed by atoms with Crippen molar-refractivity contribution in [2.24, 2.45) is 0 Å². The van der Waals surface area contributed by atoms with Crippen molar-refractivity contribution in [3.05, 3.63) is 0 Å². The predicted molar refractivity (Wildman–Crippen MR) is 62.0 cm³/mol. The van der Waals surface area contributed by atoms with Crippen molar-refractivity contribution in [2.75, 3.05) is 7.05 Å². The zero-order valence-corrected chi connectivity index (χ0v) is 10.7. The Bertz CT molecular complexity index is 195. The second kappa shape index (κ2) is 5.95. The van der Waals surface area contributed by atoms with E-state index < -0.39 is 5.60 Å². The van der Waals surface area contributed by atoms with Gasteiger partial charge in [-0.2, -0.15) is 0 Å². The molecule has 0 aromatic carbocycles. The molecule has 4 nitrogen and oxygen atoms in total. The molecule has 4 heteroatoms. The normalized spacial score (nSPS) is 15.6. The predicted octanol–water partition coefficient (Wildman–Crippen LogP) is 1.90. The third-order valence-corrected chi connectivity index (χ3v) is 2.16. The molecule has 0 aliphatic rings. The highest BCUT2D eigenvalue weighted by Crippen LogP contribution is 2.07. The zero-order chi connectivity index (χ0) is 12.1. The molecule has 0 aromatic heterocycles.